The van der Waals surface area contributed by atoms with Gasteiger partial charge in [-0.2, -0.15) is 0 Å². The topological polar surface area (TPSA) is 92.0 Å². The highest BCUT2D eigenvalue weighted by Gasteiger charge is 2.39. The van der Waals surface area contributed by atoms with Crippen molar-refractivity contribution in [2.24, 2.45) is 0 Å². The summed E-state index contributed by atoms with van der Waals surface area (Å²) in [5.41, 5.74) is 2.75. The number of piperidine rings is 1. The SMILES string of the molecule is O=C1NC(=O)C(c2cnc3ccccn23)=C1c1cn2c3c(cc(F)cc13)CN(C(=O)N1CCCC(F)(F)C1)CC2. The molecule has 4 aromatic rings. The van der Waals surface area contributed by atoms with Gasteiger partial charge < -0.3 is 14.4 Å². The minimum atomic E-state index is -2.93. The molecule has 3 aromatic heterocycles. The molecule has 6 heterocycles. The second-order valence-electron chi connectivity index (χ2n) is 10.4. The summed E-state index contributed by atoms with van der Waals surface area (Å²) >= 11 is 0. The van der Waals surface area contributed by atoms with Gasteiger partial charge >= 0.3 is 6.03 Å². The maximum absolute atomic E-state index is 15.0. The predicted octanol–water partition coefficient (Wildman–Crippen LogP) is 3.66. The molecule has 204 valence electrons. The van der Waals surface area contributed by atoms with Gasteiger partial charge in [-0.05, 0) is 36.2 Å². The molecule has 4 amide bonds. The van der Waals surface area contributed by atoms with Gasteiger partial charge in [0.05, 0.1) is 35.1 Å². The Hall–Kier alpha value is -4.61. The standard InChI is InChI=1S/C28H23F3N6O3/c29-17-10-16-13-35(27(40)36-6-3-5-28(30,31)15-36)9-8-34-14-19(18(11-17)24(16)34)22-23(26(39)33-25(22)38)20-12-32-21-4-1-2-7-37(20)21/h1-2,4,7,10-12,14H,3,5-6,8-9,13,15H2,(H,33,38,39). The van der Waals surface area contributed by atoms with Crippen LogP contribution < -0.4 is 5.32 Å². The summed E-state index contributed by atoms with van der Waals surface area (Å²) in [6, 6.07) is 7.48. The van der Waals surface area contributed by atoms with E-state index in [1.165, 1.54) is 23.2 Å². The summed E-state index contributed by atoms with van der Waals surface area (Å²) in [4.78, 5) is 46.3. The van der Waals surface area contributed by atoms with Crippen LogP contribution in [0, 0.1) is 5.82 Å². The number of imide groups is 1. The number of aromatic nitrogens is 3. The van der Waals surface area contributed by atoms with Crippen LogP contribution in [0.4, 0.5) is 18.0 Å². The van der Waals surface area contributed by atoms with Crippen molar-refractivity contribution in [3.8, 4) is 0 Å². The molecule has 12 heteroatoms. The van der Waals surface area contributed by atoms with Crippen LogP contribution >= 0.6 is 0 Å². The quantitative estimate of drug-likeness (QED) is 0.387. The number of nitrogens with zero attached hydrogens (tertiary/aromatic N) is 5. The van der Waals surface area contributed by atoms with Gasteiger partial charge in [-0.25, -0.2) is 22.9 Å². The summed E-state index contributed by atoms with van der Waals surface area (Å²) < 4.78 is 46.6. The fourth-order valence-electron chi connectivity index (χ4n) is 6.07. The van der Waals surface area contributed by atoms with E-state index in [2.05, 4.69) is 10.3 Å². The third-order valence-corrected chi connectivity index (χ3v) is 7.80. The minimum absolute atomic E-state index is 0.0168. The molecule has 0 saturated carbocycles. The van der Waals surface area contributed by atoms with E-state index in [0.29, 0.717) is 39.9 Å². The summed E-state index contributed by atoms with van der Waals surface area (Å²) in [6.07, 6.45) is 4.91. The Morgan fingerprint density at radius 2 is 1.85 bits per heavy atom. The molecule has 9 nitrogen and oxygen atoms in total. The Morgan fingerprint density at radius 3 is 2.67 bits per heavy atom. The Bertz CT molecular complexity index is 1790. The molecule has 1 saturated heterocycles. The molecule has 40 heavy (non-hydrogen) atoms. The maximum Gasteiger partial charge on any atom is 0.320 e. The number of carbonyl (C=O) groups is 3. The summed E-state index contributed by atoms with van der Waals surface area (Å²) in [5.74, 6) is -4.69. The Labute approximate surface area is 225 Å². The van der Waals surface area contributed by atoms with Crippen molar-refractivity contribution >= 4 is 45.5 Å². The van der Waals surface area contributed by atoms with Gasteiger partial charge in [-0.3, -0.25) is 19.3 Å². The molecule has 0 bridgehead atoms. The van der Waals surface area contributed by atoms with Crippen molar-refractivity contribution in [2.45, 2.75) is 31.9 Å². The number of hydrogen-bond acceptors (Lipinski definition) is 4. The van der Waals surface area contributed by atoms with E-state index >= 15 is 4.39 Å². The number of carbonyl (C=O) groups excluding carboxylic acids is 3. The number of imidazole rings is 1. The zero-order valence-corrected chi connectivity index (χ0v) is 21.2. The van der Waals surface area contributed by atoms with Crippen LogP contribution in [0.25, 0.3) is 27.7 Å². The molecule has 0 spiro atoms. The van der Waals surface area contributed by atoms with Crippen molar-refractivity contribution in [2.75, 3.05) is 19.6 Å². The molecule has 7 rings (SSSR count). The summed E-state index contributed by atoms with van der Waals surface area (Å²) in [5, 5.41) is 2.78. The summed E-state index contributed by atoms with van der Waals surface area (Å²) in [7, 11) is 0. The number of alkyl halides is 2. The second-order valence-corrected chi connectivity index (χ2v) is 10.4. The fraction of sp³-hybridized carbons (Fsp3) is 0.286. The minimum Gasteiger partial charge on any atom is -0.345 e. The molecule has 1 fully saturated rings. The van der Waals surface area contributed by atoms with E-state index in [1.54, 1.807) is 28.9 Å². The molecular weight excluding hydrogens is 525 g/mol. The van der Waals surface area contributed by atoms with E-state index in [9.17, 15) is 23.2 Å². The van der Waals surface area contributed by atoms with Gasteiger partial charge in [-0.15, -0.1) is 0 Å². The molecule has 0 atom stereocenters. The fourth-order valence-corrected chi connectivity index (χ4v) is 6.07. The van der Waals surface area contributed by atoms with E-state index in [-0.39, 0.29) is 43.6 Å². The molecule has 0 aliphatic carbocycles. The number of nitrogens with one attached hydrogen (secondary N) is 1. The lowest BCUT2D eigenvalue weighted by molar-refractivity contribution is -0.122. The Balaban J connectivity index is 1.34. The predicted molar refractivity (Wildman–Crippen MR) is 139 cm³/mol. The molecule has 3 aliphatic heterocycles. The highest BCUT2D eigenvalue weighted by Crippen LogP contribution is 2.39. The number of urea groups is 1. The maximum atomic E-state index is 15.0. The first-order valence-electron chi connectivity index (χ1n) is 13.0. The average molecular weight is 549 g/mol. The molecule has 0 unspecified atom stereocenters. The van der Waals surface area contributed by atoms with Crippen molar-refractivity contribution < 1.29 is 27.6 Å². The number of likely N-dealkylation sites (tertiary alicyclic amines) is 1. The molecule has 0 radical (unpaired) electrons. The lowest BCUT2D eigenvalue weighted by Gasteiger charge is -2.36. The van der Waals surface area contributed by atoms with Crippen LogP contribution in [0.15, 0.2) is 48.9 Å². The van der Waals surface area contributed by atoms with Gasteiger partial charge in [0, 0.05) is 55.9 Å². The van der Waals surface area contributed by atoms with E-state index < -0.39 is 36.1 Å². The van der Waals surface area contributed by atoms with Crippen LogP contribution in [0.3, 0.4) is 0 Å². The summed E-state index contributed by atoms with van der Waals surface area (Å²) in [6.45, 7) is 0.108. The van der Waals surface area contributed by atoms with Gasteiger partial charge in [0.25, 0.3) is 17.7 Å². The van der Waals surface area contributed by atoms with E-state index in [4.69, 9.17) is 0 Å². The Morgan fingerprint density at radius 1 is 1.02 bits per heavy atom. The first kappa shape index (κ1) is 24.4. The zero-order chi connectivity index (χ0) is 27.8. The number of rotatable bonds is 2. The van der Waals surface area contributed by atoms with Crippen LogP contribution in [0.5, 0.6) is 0 Å². The molecule has 1 N–H and O–H groups in total. The third kappa shape index (κ3) is 3.77. The number of hydrogen-bond donors (Lipinski definition) is 1. The molecule has 1 aromatic carbocycles. The smallest absolute Gasteiger partial charge is 0.320 e. The van der Waals surface area contributed by atoms with Crippen molar-refractivity contribution in [1.29, 1.82) is 0 Å². The Kier molecular flexibility index (Phi) is 5.31. The number of halogens is 3. The normalized spacial score (nSPS) is 19.1. The first-order valence-corrected chi connectivity index (χ1v) is 13.0. The van der Waals surface area contributed by atoms with Crippen molar-refractivity contribution in [3.63, 3.8) is 0 Å². The highest BCUT2D eigenvalue weighted by atomic mass is 19.3. The van der Waals surface area contributed by atoms with Crippen LogP contribution in [-0.2, 0) is 22.7 Å². The van der Waals surface area contributed by atoms with Crippen molar-refractivity contribution in [1.82, 2.24) is 29.1 Å². The third-order valence-electron chi connectivity index (χ3n) is 7.80. The number of pyridine rings is 1. The van der Waals surface area contributed by atoms with Gasteiger partial charge in [0.2, 0.25) is 0 Å². The van der Waals surface area contributed by atoms with Gasteiger partial charge in [0.1, 0.15) is 11.5 Å². The second kappa shape index (κ2) is 8.70. The molecular formula is C28H23F3N6O3. The van der Waals surface area contributed by atoms with Gasteiger partial charge in [0.15, 0.2) is 0 Å². The van der Waals surface area contributed by atoms with Crippen molar-refractivity contribution in [3.05, 3.63) is 71.6 Å². The van der Waals surface area contributed by atoms with Crippen LogP contribution in [0.2, 0.25) is 0 Å². The highest BCUT2D eigenvalue weighted by molar-refractivity contribution is 6.49. The lowest BCUT2D eigenvalue weighted by Crippen LogP contribution is -2.51. The van der Waals surface area contributed by atoms with Crippen LogP contribution in [-0.4, -0.2) is 67.2 Å². The van der Waals surface area contributed by atoms with Crippen LogP contribution in [0.1, 0.15) is 29.7 Å². The van der Waals surface area contributed by atoms with E-state index in [0.717, 1.165) is 4.90 Å². The monoisotopic (exact) mass is 548 g/mol. The van der Waals surface area contributed by atoms with Gasteiger partial charge in [-0.1, -0.05) is 6.07 Å². The average Bonchev–Trinajstić information content (AvgIpc) is 3.53. The number of fused-ring (bicyclic) bond motifs is 1. The molecule has 3 aliphatic rings. The zero-order valence-electron chi connectivity index (χ0n) is 21.2. The first-order chi connectivity index (χ1) is 19.2. The largest absolute Gasteiger partial charge is 0.345 e. The van der Waals surface area contributed by atoms with E-state index in [1.807, 2.05) is 10.6 Å². The number of amides is 4. The lowest BCUT2D eigenvalue weighted by atomic mass is 9.98. The number of benzene rings is 1.